The molecule has 0 aromatic carbocycles. The lowest BCUT2D eigenvalue weighted by Gasteiger charge is -2.33. The minimum Gasteiger partial charge on any atom is -0.375 e. The summed E-state index contributed by atoms with van der Waals surface area (Å²) in [4.78, 5) is 11.3. The van der Waals surface area contributed by atoms with Crippen LogP contribution >= 0.6 is 0 Å². The van der Waals surface area contributed by atoms with Gasteiger partial charge in [-0.25, -0.2) is 0 Å². The number of carbonyl (C=O) groups excluding carboxylic acids is 1. The fraction of sp³-hybridized carbons (Fsp3) is 0.909. The Bertz CT molecular complexity index is 241. The van der Waals surface area contributed by atoms with Crippen LogP contribution in [0.1, 0.15) is 25.7 Å². The number of rotatable bonds is 4. The van der Waals surface area contributed by atoms with E-state index in [9.17, 15) is 4.79 Å². The number of hydrogen-bond donors (Lipinski definition) is 2. The summed E-state index contributed by atoms with van der Waals surface area (Å²) in [6.07, 6.45) is 5.05. The van der Waals surface area contributed by atoms with Gasteiger partial charge < -0.3 is 15.4 Å². The Morgan fingerprint density at radius 2 is 2.53 bits per heavy atom. The minimum atomic E-state index is -0.0114. The van der Waals surface area contributed by atoms with Gasteiger partial charge in [-0.15, -0.1) is 0 Å². The summed E-state index contributed by atoms with van der Waals surface area (Å²) in [5.41, 5.74) is 0.187. The van der Waals surface area contributed by atoms with E-state index in [-0.39, 0.29) is 18.1 Å². The van der Waals surface area contributed by atoms with E-state index in [1.165, 1.54) is 25.7 Å². The molecule has 2 bridgehead atoms. The van der Waals surface area contributed by atoms with Crippen molar-refractivity contribution in [1.82, 2.24) is 10.6 Å². The van der Waals surface area contributed by atoms with Gasteiger partial charge in [-0.05, 0) is 31.7 Å². The molecule has 2 N–H and O–H groups in total. The van der Waals surface area contributed by atoms with E-state index in [4.69, 9.17) is 4.74 Å². The third-order valence-electron chi connectivity index (χ3n) is 3.61. The van der Waals surface area contributed by atoms with Crippen LogP contribution in [0.15, 0.2) is 0 Å². The SMILES string of the molecule is COCC(=O)NCC12CCCC(CN1)C2. The van der Waals surface area contributed by atoms with Crippen LogP contribution in [0, 0.1) is 5.92 Å². The van der Waals surface area contributed by atoms with Crippen molar-refractivity contribution >= 4 is 5.91 Å². The second-order valence-electron chi connectivity index (χ2n) is 4.83. The number of ether oxygens (including phenoxy) is 1. The van der Waals surface area contributed by atoms with Crippen LogP contribution in [0.25, 0.3) is 0 Å². The molecule has 1 saturated carbocycles. The molecule has 2 fully saturated rings. The lowest BCUT2D eigenvalue weighted by atomic mass is 9.80. The summed E-state index contributed by atoms with van der Waals surface area (Å²) in [5.74, 6) is 0.820. The molecule has 4 nitrogen and oxygen atoms in total. The molecule has 1 heterocycles. The zero-order valence-electron chi connectivity index (χ0n) is 9.34. The Morgan fingerprint density at radius 1 is 1.67 bits per heavy atom. The van der Waals surface area contributed by atoms with Crippen LogP contribution in [-0.4, -0.2) is 38.3 Å². The Hall–Kier alpha value is -0.610. The fourth-order valence-corrected chi connectivity index (χ4v) is 2.85. The summed E-state index contributed by atoms with van der Waals surface area (Å²) in [7, 11) is 1.54. The number of carbonyl (C=O) groups is 1. The summed E-state index contributed by atoms with van der Waals surface area (Å²) >= 11 is 0. The van der Waals surface area contributed by atoms with Gasteiger partial charge in [-0.1, -0.05) is 6.42 Å². The van der Waals surface area contributed by atoms with Gasteiger partial charge in [0.05, 0.1) is 0 Å². The van der Waals surface area contributed by atoms with Crippen molar-refractivity contribution in [2.75, 3.05) is 26.8 Å². The molecule has 15 heavy (non-hydrogen) atoms. The molecular weight excluding hydrogens is 192 g/mol. The summed E-state index contributed by atoms with van der Waals surface area (Å²) in [5, 5.41) is 6.52. The Morgan fingerprint density at radius 3 is 3.33 bits per heavy atom. The lowest BCUT2D eigenvalue weighted by molar-refractivity contribution is -0.125. The van der Waals surface area contributed by atoms with E-state index in [0.29, 0.717) is 0 Å². The smallest absolute Gasteiger partial charge is 0.246 e. The summed E-state index contributed by atoms with van der Waals surface area (Å²) < 4.78 is 4.79. The highest BCUT2D eigenvalue weighted by atomic mass is 16.5. The molecule has 2 unspecified atom stereocenters. The summed E-state index contributed by atoms with van der Waals surface area (Å²) in [6, 6.07) is 0. The van der Waals surface area contributed by atoms with Crippen molar-refractivity contribution in [3.8, 4) is 0 Å². The van der Waals surface area contributed by atoms with Crippen molar-refractivity contribution < 1.29 is 9.53 Å². The zero-order chi connectivity index (χ0) is 10.7. The fourth-order valence-electron chi connectivity index (χ4n) is 2.85. The second kappa shape index (κ2) is 4.49. The first-order valence-corrected chi connectivity index (χ1v) is 5.75. The van der Waals surface area contributed by atoms with Crippen LogP contribution < -0.4 is 10.6 Å². The van der Waals surface area contributed by atoms with E-state index in [0.717, 1.165) is 19.0 Å². The zero-order valence-corrected chi connectivity index (χ0v) is 9.34. The number of amides is 1. The van der Waals surface area contributed by atoms with Crippen molar-refractivity contribution in [2.24, 2.45) is 5.92 Å². The van der Waals surface area contributed by atoms with Crippen LogP contribution in [0.2, 0.25) is 0 Å². The first kappa shape index (κ1) is 10.9. The minimum absolute atomic E-state index is 0.0114. The van der Waals surface area contributed by atoms with Crippen molar-refractivity contribution in [2.45, 2.75) is 31.2 Å². The molecule has 0 aromatic heterocycles. The van der Waals surface area contributed by atoms with Crippen LogP contribution in [0.5, 0.6) is 0 Å². The highest BCUT2D eigenvalue weighted by Gasteiger charge is 2.41. The first-order chi connectivity index (χ1) is 7.24. The maximum atomic E-state index is 11.3. The van der Waals surface area contributed by atoms with Gasteiger partial charge in [0.15, 0.2) is 0 Å². The van der Waals surface area contributed by atoms with Crippen LogP contribution in [0.4, 0.5) is 0 Å². The Kier molecular flexibility index (Phi) is 3.26. The molecule has 2 aliphatic rings. The highest BCUT2D eigenvalue weighted by Crippen LogP contribution is 2.36. The average molecular weight is 212 g/mol. The van der Waals surface area contributed by atoms with E-state index >= 15 is 0 Å². The van der Waals surface area contributed by atoms with Gasteiger partial charge in [-0.2, -0.15) is 0 Å². The number of fused-ring (bicyclic) bond motifs is 2. The molecule has 2 atom stereocenters. The monoisotopic (exact) mass is 212 g/mol. The molecule has 1 aliphatic heterocycles. The van der Waals surface area contributed by atoms with E-state index in [1.807, 2.05) is 0 Å². The molecule has 4 heteroatoms. The molecule has 0 spiro atoms. The third-order valence-corrected chi connectivity index (χ3v) is 3.61. The normalized spacial score (nSPS) is 34.1. The van der Waals surface area contributed by atoms with Crippen molar-refractivity contribution in [1.29, 1.82) is 0 Å². The van der Waals surface area contributed by atoms with Gasteiger partial charge in [0.1, 0.15) is 6.61 Å². The van der Waals surface area contributed by atoms with Gasteiger partial charge >= 0.3 is 0 Å². The molecule has 1 amide bonds. The highest BCUT2D eigenvalue weighted by molar-refractivity contribution is 5.77. The molecule has 2 rings (SSSR count). The molecule has 0 aromatic rings. The predicted octanol–water partition coefficient (Wildman–Crippen LogP) is 0.281. The molecule has 1 saturated heterocycles. The molecule has 86 valence electrons. The summed E-state index contributed by atoms with van der Waals surface area (Å²) in [6.45, 7) is 2.05. The topological polar surface area (TPSA) is 50.4 Å². The van der Waals surface area contributed by atoms with Gasteiger partial charge in [0, 0.05) is 19.2 Å². The number of hydrogen-bond acceptors (Lipinski definition) is 3. The maximum Gasteiger partial charge on any atom is 0.246 e. The van der Waals surface area contributed by atoms with E-state index < -0.39 is 0 Å². The molecule has 0 radical (unpaired) electrons. The largest absolute Gasteiger partial charge is 0.375 e. The van der Waals surface area contributed by atoms with Crippen LogP contribution in [0.3, 0.4) is 0 Å². The van der Waals surface area contributed by atoms with Gasteiger partial charge in [-0.3, -0.25) is 4.79 Å². The number of methoxy groups -OCH3 is 1. The van der Waals surface area contributed by atoms with Gasteiger partial charge in [0.2, 0.25) is 5.91 Å². The first-order valence-electron chi connectivity index (χ1n) is 5.75. The molecule has 1 aliphatic carbocycles. The third kappa shape index (κ3) is 2.49. The lowest BCUT2D eigenvalue weighted by Crippen LogP contribution is -2.50. The van der Waals surface area contributed by atoms with E-state index in [1.54, 1.807) is 7.11 Å². The van der Waals surface area contributed by atoms with Gasteiger partial charge in [0.25, 0.3) is 0 Å². The van der Waals surface area contributed by atoms with Crippen molar-refractivity contribution in [3.05, 3.63) is 0 Å². The van der Waals surface area contributed by atoms with Crippen LogP contribution in [-0.2, 0) is 9.53 Å². The maximum absolute atomic E-state index is 11.3. The molecular formula is C11H20N2O2. The number of nitrogens with one attached hydrogen (secondary N) is 2. The Labute approximate surface area is 90.8 Å². The quantitative estimate of drug-likeness (QED) is 0.704. The second-order valence-corrected chi connectivity index (χ2v) is 4.83. The Balaban J connectivity index is 1.80. The average Bonchev–Trinajstić information content (AvgIpc) is 2.53. The van der Waals surface area contributed by atoms with Crippen molar-refractivity contribution in [3.63, 3.8) is 0 Å². The predicted molar refractivity (Wildman–Crippen MR) is 57.6 cm³/mol. The standard InChI is InChI=1S/C11H20N2O2/c1-15-7-10(14)12-8-11-4-2-3-9(5-11)6-13-11/h9,13H,2-8H2,1H3,(H,12,14). The van der Waals surface area contributed by atoms with E-state index in [2.05, 4.69) is 10.6 Å².